The predicted molar refractivity (Wildman–Crippen MR) is 266 cm³/mol. The van der Waals surface area contributed by atoms with Crippen molar-refractivity contribution < 1.29 is 47.3 Å². The molecule has 4 rings (SSSR count). The number of unbranched alkanes of at least 4 members (excludes halogenated alkanes) is 2. The van der Waals surface area contributed by atoms with Crippen LogP contribution in [0.25, 0.3) is 49.4 Å². The fraction of sp³-hybridized carbons (Fsp3) is 0.346. The number of carbonyl (C=O) groups excluding carboxylic acids is 4. The van der Waals surface area contributed by atoms with E-state index in [1.165, 1.54) is 13.8 Å². The summed E-state index contributed by atoms with van der Waals surface area (Å²) in [4.78, 5) is 58.2. The molecule has 2 aromatic heterocycles. The highest BCUT2D eigenvalue weighted by Gasteiger charge is 2.38. The van der Waals surface area contributed by atoms with Crippen LogP contribution in [-0.2, 0) is 37.7 Å². The lowest BCUT2D eigenvalue weighted by Gasteiger charge is -2.22. The Kier molecular flexibility index (Phi) is 21.9. The van der Waals surface area contributed by atoms with Gasteiger partial charge in [-0.1, -0.05) is 75.3 Å². The number of rotatable bonds is 30. The summed E-state index contributed by atoms with van der Waals surface area (Å²) in [6, 6.07) is 15.1. The van der Waals surface area contributed by atoms with Crippen LogP contribution in [0.2, 0.25) is 0 Å². The lowest BCUT2D eigenvalue weighted by Crippen LogP contribution is -2.43. The van der Waals surface area contributed by atoms with Crippen LogP contribution in [0.15, 0.2) is 99.2 Å². The van der Waals surface area contributed by atoms with Crippen LogP contribution in [0.3, 0.4) is 0 Å². The largest absolute Gasteiger partial charge is 0.598 e. The van der Waals surface area contributed by atoms with Gasteiger partial charge in [0.25, 0.3) is 5.70 Å². The van der Waals surface area contributed by atoms with Gasteiger partial charge in [0.1, 0.15) is 11.6 Å². The summed E-state index contributed by atoms with van der Waals surface area (Å²) in [5, 5.41) is 11.6. The van der Waals surface area contributed by atoms with Crippen LogP contribution in [0.1, 0.15) is 99.8 Å². The molecule has 0 spiro atoms. The molecule has 0 aliphatic rings. The number of ketones is 2. The minimum Gasteiger partial charge on any atom is -0.462 e. The van der Waals surface area contributed by atoms with Crippen molar-refractivity contribution in [3.8, 4) is 28.6 Å². The number of ether oxygens (including phenoxy) is 2. The number of Topliss-reactive ketones (excluding diaryl/α,β-unsaturated/α-hetero) is 2. The van der Waals surface area contributed by atoms with Crippen LogP contribution < -0.4 is 10.7 Å². The first-order chi connectivity index (χ1) is 33.0. The Bertz CT molecular complexity index is 2460. The van der Waals surface area contributed by atoms with Gasteiger partial charge in [-0.05, 0) is 87.8 Å². The quantitative estimate of drug-likeness (QED) is 0.0162. The summed E-state index contributed by atoms with van der Waals surface area (Å²) in [5.41, 5.74) is 1.19. The molecule has 16 heteroatoms. The van der Waals surface area contributed by atoms with Crippen molar-refractivity contribution >= 4 is 60.1 Å². The lowest BCUT2D eigenvalue weighted by molar-refractivity contribution is -0.112. The SMILES string of the molecule is [C-]#[N+]/C(C(C)=O)=c1/c2c(-c3ccc(C(=O)OCCCC)cc3)n(B(OCCC=C)OCCC=C)/c(=C(\C#N)C(C)=O)c2c(-c2ccc(C(=O)OCCCC)cc2)n1B(OCCC=C)OCCC=C. The molecule has 0 N–H and O–H groups in total. The summed E-state index contributed by atoms with van der Waals surface area (Å²) in [6.07, 6.45) is 11.3. The van der Waals surface area contributed by atoms with Gasteiger partial charge < -0.3 is 41.8 Å². The topological polar surface area (TPSA) is 162 Å². The second-order valence-corrected chi connectivity index (χ2v) is 15.5. The van der Waals surface area contributed by atoms with Gasteiger partial charge in [0.15, 0.2) is 11.6 Å². The van der Waals surface area contributed by atoms with E-state index < -0.39 is 38.0 Å². The summed E-state index contributed by atoms with van der Waals surface area (Å²) in [6.45, 7) is 31.3. The Labute approximate surface area is 399 Å². The van der Waals surface area contributed by atoms with Crippen LogP contribution in [0.5, 0.6) is 0 Å². The Balaban J connectivity index is 2.47. The van der Waals surface area contributed by atoms with Crippen molar-refractivity contribution in [3.63, 3.8) is 0 Å². The second kappa shape index (κ2) is 27.7. The Morgan fingerprint density at radius 2 is 0.985 bits per heavy atom. The van der Waals surface area contributed by atoms with Crippen molar-refractivity contribution in [2.75, 3.05) is 39.6 Å². The molecule has 2 heterocycles. The maximum Gasteiger partial charge on any atom is 0.598 e. The van der Waals surface area contributed by atoms with Crippen LogP contribution in [0, 0.1) is 17.9 Å². The summed E-state index contributed by atoms with van der Waals surface area (Å²) in [7, 11) is -2.69. The number of carbonyl (C=O) groups is 4. The van der Waals surface area contributed by atoms with Crippen molar-refractivity contribution in [3.05, 3.63) is 132 Å². The highest BCUT2D eigenvalue weighted by Crippen LogP contribution is 2.36. The first-order valence-electron chi connectivity index (χ1n) is 22.8. The van der Waals surface area contributed by atoms with E-state index in [0.717, 1.165) is 12.8 Å². The zero-order chi connectivity index (χ0) is 49.6. The molecule has 0 bridgehead atoms. The van der Waals surface area contributed by atoms with Crippen LogP contribution in [0.4, 0.5) is 0 Å². The summed E-state index contributed by atoms with van der Waals surface area (Å²) in [5.74, 6) is -2.31. The van der Waals surface area contributed by atoms with Gasteiger partial charge in [-0.25, -0.2) is 14.4 Å². The molecule has 0 amide bonds. The normalized spacial score (nSPS) is 11.7. The van der Waals surface area contributed by atoms with Crippen LogP contribution in [-0.4, -0.2) is 86.6 Å². The van der Waals surface area contributed by atoms with Crippen molar-refractivity contribution in [2.45, 2.75) is 79.1 Å². The molecule has 0 atom stereocenters. The highest BCUT2D eigenvalue weighted by atomic mass is 16.6. The van der Waals surface area contributed by atoms with Gasteiger partial charge >= 0.3 is 26.4 Å². The Hall–Kier alpha value is -6.81. The number of aromatic nitrogens is 2. The molecule has 68 heavy (non-hydrogen) atoms. The molecular formula is C52H60B2N4O10. The van der Waals surface area contributed by atoms with Gasteiger partial charge in [0.2, 0.25) is 0 Å². The lowest BCUT2D eigenvalue weighted by atomic mass is 9.99. The first kappa shape index (κ1) is 53.8. The number of nitriles is 1. The van der Waals surface area contributed by atoms with E-state index in [0.29, 0.717) is 49.7 Å². The van der Waals surface area contributed by atoms with Crippen molar-refractivity contribution in [1.29, 1.82) is 5.26 Å². The van der Waals surface area contributed by atoms with E-state index in [4.69, 9.17) is 34.7 Å². The third-order valence-corrected chi connectivity index (χ3v) is 10.5. The van der Waals surface area contributed by atoms with E-state index in [9.17, 15) is 24.4 Å². The third-order valence-electron chi connectivity index (χ3n) is 10.5. The van der Waals surface area contributed by atoms with Crippen molar-refractivity contribution in [1.82, 2.24) is 8.96 Å². The fourth-order valence-corrected chi connectivity index (χ4v) is 7.18. The van der Waals surface area contributed by atoms with Gasteiger partial charge in [-0.2, -0.15) is 5.26 Å². The second-order valence-electron chi connectivity index (χ2n) is 15.5. The number of nitrogens with zero attached hydrogens (tertiary/aromatic N) is 4. The number of benzene rings is 2. The van der Waals surface area contributed by atoms with Crippen LogP contribution >= 0.6 is 0 Å². The van der Waals surface area contributed by atoms with E-state index in [-0.39, 0.29) is 94.9 Å². The molecule has 0 saturated carbocycles. The molecule has 0 aliphatic carbocycles. The summed E-state index contributed by atoms with van der Waals surface area (Å²) < 4.78 is 40.2. The zero-order valence-electron chi connectivity index (χ0n) is 39.7. The molecule has 14 nitrogen and oxygen atoms in total. The average molecular weight is 923 g/mol. The van der Waals surface area contributed by atoms with Gasteiger partial charge in [0.05, 0.1) is 41.6 Å². The third kappa shape index (κ3) is 13.2. The maximum atomic E-state index is 14.0. The van der Waals surface area contributed by atoms with Gasteiger partial charge in [0, 0.05) is 48.6 Å². The number of fused-ring (bicyclic) bond motifs is 1. The number of esters is 2. The Morgan fingerprint density at radius 1 is 0.618 bits per heavy atom. The molecule has 0 aliphatic heterocycles. The molecule has 354 valence electrons. The van der Waals surface area contributed by atoms with Crippen molar-refractivity contribution in [2.24, 2.45) is 0 Å². The monoisotopic (exact) mass is 922 g/mol. The zero-order valence-corrected chi connectivity index (χ0v) is 39.7. The smallest absolute Gasteiger partial charge is 0.462 e. The van der Waals surface area contributed by atoms with Gasteiger partial charge in [-0.15, -0.1) is 26.3 Å². The number of hydrogen-bond donors (Lipinski definition) is 0. The fourth-order valence-electron chi connectivity index (χ4n) is 7.18. The molecule has 4 aromatic rings. The van der Waals surface area contributed by atoms with E-state index in [2.05, 4.69) is 37.2 Å². The molecule has 2 aromatic carbocycles. The highest BCUT2D eigenvalue weighted by molar-refractivity contribution is 6.47. The van der Waals surface area contributed by atoms with Gasteiger partial charge in [-0.3, -0.25) is 4.79 Å². The Morgan fingerprint density at radius 3 is 1.29 bits per heavy atom. The number of hydrogen-bond acceptors (Lipinski definition) is 11. The molecule has 0 saturated heterocycles. The molecular weight excluding hydrogens is 862 g/mol. The molecule has 0 fully saturated rings. The average Bonchev–Trinajstić information content (AvgIpc) is 3.84. The maximum absolute atomic E-state index is 14.0. The van der Waals surface area contributed by atoms with E-state index in [1.54, 1.807) is 81.8 Å². The molecule has 0 unspecified atom stereocenters. The first-order valence-corrected chi connectivity index (χ1v) is 22.8. The molecule has 0 radical (unpaired) electrons. The minimum atomic E-state index is -1.35. The van der Waals surface area contributed by atoms with E-state index in [1.807, 2.05) is 13.8 Å². The standard InChI is InChI=1S/C52H60B2N4O10/c1-10-16-30-63-51(61)41-26-22-39(23-27-41)47-44-45(50(46(56-9)38(8)60)58(47)54(67-34-20-14-5)68-35-21-15-6)48(40-24-28-42(29-25-40)52(62)64-31-17-11-2)57(49(44)43(36-55)37(7)59)53(65-32-18-12-3)66-33-19-13-4/h12-15,22-29H,3-6,10-11,16-21,30-35H2,1-2,7-8H3/b49-43+,50-46-. The minimum absolute atomic E-state index is 0.0251. The van der Waals surface area contributed by atoms with E-state index >= 15 is 0 Å². The summed E-state index contributed by atoms with van der Waals surface area (Å²) >= 11 is 0. The predicted octanol–water partition coefficient (Wildman–Crippen LogP) is 8.61.